The van der Waals surface area contributed by atoms with Crippen LogP contribution in [0.15, 0.2) is 24.3 Å². The lowest BCUT2D eigenvalue weighted by atomic mass is 9.88. The molecule has 0 radical (unpaired) electrons. The number of nitrogens with zero attached hydrogens (tertiary/aromatic N) is 1. The molecule has 1 aromatic carbocycles. The minimum Gasteiger partial charge on any atom is -0.444 e. The Balaban J connectivity index is 1.92. The summed E-state index contributed by atoms with van der Waals surface area (Å²) in [4.78, 5) is 13.7. The van der Waals surface area contributed by atoms with Gasteiger partial charge in [0.25, 0.3) is 0 Å². The Kier molecular flexibility index (Phi) is 4.94. The van der Waals surface area contributed by atoms with Crippen molar-refractivity contribution in [2.45, 2.75) is 45.4 Å². The number of nitrogen functional groups attached to an aromatic ring is 1. The van der Waals surface area contributed by atoms with Gasteiger partial charge in [0.2, 0.25) is 0 Å². The number of nitrogens with two attached hydrogens (primary N) is 1. The molecule has 1 fully saturated rings. The van der Waals surface area contributed by atoms with Crippen molar-refractivity contribution in [3.63, 3.8) is 0 Å². The molecule has 1 aromatic rings. The van der Waals surface area contributed by atoms with Crippen molar-refractivity contribution in [1.82, 2.24) is 4.90 Å². The van der Waals surface area contributed by atoms with Gasteiger partial charge in [-0.05, 0) is 45.6 Å². The predicted molar refractivity (Wildman–Crippen MR) is 85.2 cm³/mol. The lowest BCUT2D eigenvalue weighted by molar-refractivity contribution is 0.0144. The number of benzene rings is 1. The fourth-order valence-corrected chi connectivity index (χ4v) is 2.72. The molecule has 1 atom stereocenters. The SMILES string of the molecule is CC(C)(C)OC(=O)N1CCC(C(F)c2ccccc2N)CC1. The summed E-state index contributed by atoms with van der Waals surface area (Å²) in [6.07, 6.45) is -0.161. The van der Waals surface area contributed by atoms with Gasteiger partial charge >= 0.3 is 6.09 Å². The number of halogens is 1. The van der Waals surface area contributed by atoms with Gasteiger partial charge in [-0.25, -0.2) is 9.18 Å². The third-order valence-electron chi connectivity index (χ3n) is 3.90. The molecular formula is C17H25FN2O2. The van der Waals surface area contributed by atoms with Gasteiger partial charge < -0.3 is 15.4 Å². The number of carbonyl (C=O) groups is 1. The van der Waals surface area contributed by atoms with Crippen LogP contribution in [0.2, 0.25) is 0 Å². The van der Waals surface area contributed by atoms with Crippen molar-refractivity contribution in [2.75, 3.05) is 18.8 Å². The quantitative estimate of drug-likeness (QED) is 0.842. The molecule has 1 saturated heterocycles. The highest BCUT2D eigenvalue weighted by atomic mass is 19.1. The van der Waals surface area contributed by atoms with Crippen LogP contribution in [0, 0.1) is 5.92 Å². The van der Waals surface area contributed by atoms with Crippen LogP contribution >= 0.6 is 0 Å². The van der Waals surface area contributed by atoms with E-state index >= 15 is 0 Å². The summed E-state index contributed by atoms with van der Waals surface area (Å²) in [5.41, 5.74) is 6.39. The molecule has 1 unspecified atom stereocenters. The lowest BCUT2D eigenvalue weighted by Crippen LogP contribution is -2.42. The average Bonchev–Trinajstić information content (AvgIpc) is 2.45. The third kappa shape index (κ3) is 4.12. The molecule has 122 valence electrons. The Bertz CT molecular complexity index is 520. The van der Waals surface area contributed by atoms with E-state index in [1.807, 2.05) is 20.8 Å². The molecule has 2 rings (SSSR count). The first kappa shape index (κ1) is 16.6. The Morgan fingerprint density at radius 2 is 1.91 bits per heavy atom. The molecule has 1 amide bonds. The zero-order valence-corrected chi connectivity index (χ0v) is 13.5. The second kappa shape index (κ2) is 6.55. The first-order chi connectivity index (χ1) is 10.3. The molecule has 0 spiro atoms. The number of rotatable bonds is 2. The maximum Gasteiger partial charge on any atom is 0.410 e. The van der Waals surface area contributed by atoms with Crippen LogP contribution in [0.3, 0.4) is 0 Å². The van der Waals surface area contributed by atoms with Crippen molar-refractivity contribution >= 4 is 11.8 Å². The van der Waals surface area contributed by atoms with Crippen molar-refractivity contribution in [3.05, 3.63) is 29.8 Å². The highest BCUT2D eigenvalue weighted by molar-refractivity contribution is 5.68. The topological polar surface area (TPSA) is 55.6 Å². The van der Waals surface area contributed by atoms with E-state index in [1.165, 1.54) is 0 Å². The van der Waals surface area contributed by atoms with E-state index in [9.17, 15) is 9.18 Å². The minimum absolute atomic E-state index is 0.108. The first-order valence-electron chi connectivity index (χ1n) is 7.74. The fraction of sp³-hybridized carbons (Fsp3) is 0.588. The highest BCUT2D eigenvalue weighted by Crippen LogP contribution is 2.36. The van der Waals surface area contributed by atoms with Crippen LogP contribution in [-0.2, 0) is 4.74 Å². The monoisotopic (exact) mass is 308 g/mol. The van der Waals surface area contributed by atoms with Crippen molar-refractivity contribution in [2.24, 2.45) is 5.92 Å². The first-order valence-corrected chi connectivity index (χ1v) is 7.74. The summed E-state index contributed by atoms with van der Waals surface area (Å²) < 4.78 is 20.0. The predicted octanol–water partition coefficient (Wildman–Crippen LogP) is 3.93. The smallest absolute Gasteiger partial charge is 0.410 e. The maximum atomic E-state index is 14.7. The van der Waals surface area contributed by atoms with Gasteiger partial charge in [0.1, 0.15) is 11.8 Å². The number of piperidine rings is 1. The third-order valence-corrected chi connectivity index (χ3v) is 3.90. The van der Waals surface area contributed by atoms with Gasteiger partial charge in [0.15, 0.2) is 0 Å². The van der Waals surface area contributed by atoms with E-state index in [0.717, 1.165) is 0 Å². The van der Waals surface area contributed by atoms with Crippen molar-refractivity contribution in [3.8, 4) is 0 Å². The van der Waals surface area contributed by atoms with Gasteiger partial charge in [0, 0.05) is 24.3 Å². The van der Waals surface area contributed by atoms with Crippen LogP contribution in [0.1, 0.15) is 45.3 Å². The average molecular weight is 308 g/mol. The number of para-hydroxylation sites is 1. The van der Waals surface area contributed by atoms with Crippen LogP contribution in [0.5, 0.6) is 0 Å². The summed E-state index contributed by atoms with van der Waals surface area (Å²) in [6, 6.07) is 7.06. The van der Waals surface area contributed by atoms with Gasteiger partial charge in [-0.3, -0.25) is 0 Å². The number of hydrogen-bond acceptors (Lipinski definition) is 3. The lowest BCUT2D eigenvalue weighted by Gasteiger charge is -2.34. The highest BCUT2D eigenvalue weighted by Gasteiger charge is 2.31. The number of ether oxygens (including phenoxy) is 1. The van der Waals surface area contributed by atoms with E-state index in [0.29, 0.717) is 37.2 Å². The van der Waals surface area contributed by atoms with E-state index in [2.05, 4.69) is 0 Å². The van der Waals surface area contributed by atoms with E-state index in [4.69, 9.17) is 10.5 Å². The van der Waals surface area contributed by atoms with E-state index < -0.39 is 11.8 Å². The molecular weight excluding hydrogens is 283 g/mol. The molecule has 4 nitrogen and oxygen atoms in total. The molecule has 0 saturated carbocycles. The maximum absolute atomic E-state index is 14.7. The summed E-state index contributed by atoms with van der Waals surface area (Å²) >= 11 is 0. The van der Waals surface area contributed by atoms with Gasteiger partial charge in [-0.1, -0.05) is 18.2 Å². The molecule has 1 aliphatic rings. The van der Waals surface area contributed by atoms with Crippen LogP contribution < -0.4 is 5.73 Å². The zero-order valence-electron chi connectivity index (χ0n) is 13.5. The van der Waals surface area contributed by atoms with E-state index in [-0.39, 0.29) is 12.0 Å². The second-order valence-electron chi connectivity index (χ2n) is 6.84. The number of alkyl halides is 1. The Morgan fingerprint density at radius 3 is 2.45 bits per heavy atom. The fourth-order valence-electron chi connectivity index (χ4n) is 2.72. The Labute approximate surface area is 131 Å². The number of likely N-dealkylation sites (tertiary alicyclic amines) is 1. The standard InChI is InChI=1S/C17H25FN2O2/c1-17(2,3)22-16(21)20-10-8-12(9-11-20)15(18)13-6-4-5-7-14(13)19/h4-7,12,15H,8-11,19H2,1-3H3. The largest absolute Gasteiger partial charge is 0.444 e. The minimum atomic E-state index is -1.08. The molecule has 5 heteroatoms. The Hall–Kier alpha value is -1.78. The summed E-state index contributed by atoms with van der Waals surface area (Å²) in [5, 5.41) is 0. The normalized spacial score (nSPS) is 18.1. The van der Waals surface area contributed by atoms with Gasteiger partial charge in [0.05, 0.1) is 0 Å². The molecule has 0 aromatic heterocycles. The number of amides is 1. The van der Waals surface area contributed by atoms with Gasteiger partial charge in [-0.15, -0.1) is 0 Å². The van der Waals surface area contributed by atoms with Crippen LogP contribution in [0.25, 0.3) is 0 Å². The summed E-state index contributed by atoms with van der Waals surface area (Å²) in [6.45, 7) is 6.56. The van der Waals surface area contributed by atoms with Gasteiger partial charge in [-0.2, -0.15) is 0 Å². The van der Waals surface area contributed by atoms with Crippen LogP contribution in [-0.4, -0.2) is 29.7 Å². The van der Waals surface area contributed by atoms with E-state index in [1.54, 1.807) is 29.2 Å². The molecule has 1 heterocycles. The summed E-state index contributed by atoms with van der Waals surface area (Å²) in [5.74, 6) is -0.108. The van der Waals surface area contributed by atoms with Crippen LogP contribution in [0.4, 0.5) is 14.9 Å². The van der Waals surface area contributed by atoms with Crippen molar-refractivity contribution in [1.29, 1.82) is 0 Å². The zero-order chi connectivity index (χ0) is 16.3. The molecule has 0 bridgehead atoms. The number of hydrogen-bond donors (Lipinski definition) is 1. The Morgan fingerprint density at radius 1 is 1.32 bits per heavy atom. The number of anilines is 1. The van der Waals surface area contributed by atoms with Crippen molar-refractivity contribution < 1.29 is 13.9 Å². The molecule has 22 heavy (non-hydrogen) atoms. The molecule has 0 aliphatic carbocycles. The summed E-state index contributed by atoms with van der Waals surface area (Å²) in [7, 11) is 0. The molecule has 2 N–H and O–H groups in total. The number of carbonyl (C=O) groups excluding carboxylic acids is 1. The second-order valence-corrected chi connectivity index (χ2v) is 6.84. The molecule has 1 aliphatic heterocycles.